The molecule has 98 valence electrons. The van der Waals surface area contributed by atoms with E-state index in [1.165, 1.54) is 5.75 Å². The second kappa shape index (κ2) is 6.61. The molecule has 0 radical (unpaired) electrons. The van der Waals surface area contributed by atoms with E-state index in [1.807, 2.05) is 11.8 Å². The molecule has 1 atom stereocenters. The number of carbonyl (C=O) groups is 1. The van der Waals surface area contributed by atoms with Crippen molar-refractivity contribution in [2.45, 2.75) is 18.9 Å². The molecular weight excluding hydrogens is 236 g/mol. The van der Waals surface area contributed by atoms with Gasteiger partial charge in [0.1, 0.15) is 0 Å². The number of ether oxygens (including phenoxy) is 1. The molecule has 2 heterocycles. The molecule has 0 aromatic heterocycles. The SMILES string of the molecule is COCCN(C(=O)CC1CNC1)C1CCSC1. The fourth-order valence-electron chi connectivity index (χ4n) is 2.33. The molecule has 1 unspecified atom stereocenters. The standard InChI is InChI=1S/C12H22N2O2S/c1-16-4-3-14(11-2-5-17-9-11)12(15)6-10-7-13-8-10/h10-11,13H,2-9H2,1H3. The molecule has 0 bridgehead atoms. The molecule has 0 aromatic rings. The Balaban J connectivity index is 1.85. The van der Waals surface area contributed by atoms with Crippen LogP contribution in [0.3, 0.4) is 0 Å². The normalized spacial score (nSPS) is 24.6. The van der Waals surface area contributed by atoms with Crippen molar-refractivity contribution < 1.29 is 9.53 Å². The number of nitrogens with one attached hydrogen (secondary N) is 1. The Bertz CT molecular complexity index is 253. The van der Waals surface area contributed by atoms with Crippen molar-refractivity contribution in [3.05, 3.63) is 0 Å². The summed E-state index contributed by atoms with van der Waals surface area (Å²) in [4.78, 5) is 14.3. The summed E-state index contributed by atoms with van der Waals surface area (Å²) in [5.41, 5.74) is 0. The smallest absolute Gasteiger partial charge is 0.223 e. The zero-order chi connectivity index (χ0) is 12.1. The van der Waals surface area contributed by atoms with Gasteiger partial charge < -0.3 is 15.0 Å². The summed E-state index contributed by atoms with van der Waals surface area (Å²) in [6, 6.07) is 0.440. The lowest BCUT2D eigenvalue weighted by Crippen LogP contribution is -2.48. The number of carbonyl (C=O) groups excluding carboxylic acids is 1. The van der Waals surface area contributed by atoms with Crippen molar-refractivity contribution >= 4 is 17.7 Å². The maximum atomic E-state index is 12.3. The predicted molar refractivity (Wildman–Crippen MR) is 70.3 cm³/mol. The van der Waals surface area contributed by atoms with Gasteiger partial charge in [0.25, 0.3) is 0 Å². The zero-order valence-corrected chi connectivity index (χ0v) is 11.3. The van der Waals surface area contributed by atoms with E-state index in [9.17, 15) is 4.79 Å². The van der Waals surface area contributed by atoms with Crippen molar-refractivity contribution in [1.29, 1.82) is 0 Å². The van der Waals surface area contributed by atoms with Crippen LogP contribution in [0.4, 0.5) is 0 Å². The van der Waals surface area contributed by atoms with Gasteiger partial charge in [0.2, 0.25) is 5.91 Å². The maximum Gasteiger partial charge on any atom is 0.223 e. The molecule has 1 amide bonds. The van der Waals surface area contributed by atoms with Crippen LogP contribution in [0.1, 0.15) is 12.8 Å². The van der Waals surface area contributed by atoms with Crippen molar-refractivity contribution in [3.63, 3.8) is 0 Å². The predicted octanol–water partition coefficient (Wildman–Crippen LogP) is 0.576. The summed E-state index contributed by atoms with van der Waals surface area (Å²) >= 11 is 1.95. The molecule has 5 heteroatoms. The van der Waals surface area contributed by atoms with Gasteiger partial charge in [0, 0.05) is 31.9 Å². The topological polar surface area (TPSA) is 41.6 Å². The van der Waals surface area contributed by atoms with Crippen molar-refractivity contribution in [3.8, 4) is 0 Å². The van der Waals surface area contributed by atoms with E-state index >= 15 is 0 Å². The van der Waals surface area contributed by atoms with Crippen LogP contribution in [0.2, 0.25) is 0 Å². The molecule has 0 aromatic carbocycles. The molecule has 2 rings (SSSR count). The van der Waals surface area contributed by atoms with Crippen LogP contribution in [0.15, 0.2) is 0 Å². The molecule has 0 aliphatic carbocycles. The van der Waals surface area contributed by atoms with Gasteiger partial charge in [-0.15, -0.1) is 0 Å². The molecular formula is C12H22N2O2S. The monoisotopic (exact) mass is 258 g/mol. The number of hydrogen-bond donors (Lipinski definition) is 1. The lowest BCUT2D eigenvalue weighted by molar-refractivity contribution is -0.135. The minimum absolute atomic E-state index is 0.320. The van der Waals surface area contributed by atoms with E-state index in [1.54, 1.807) is 7.11 Å². The van der Waals surface area contributed by atoms with E-state index in [0.29, 0.717) is 30.9 Å². The number of nitrogens with zero attached hydrogens (tertiary/aromatic N) is 1. The van der Waals surface area contributed by atoms with Crippen LogP contribution < -0.4 is 5.32 Å². The summed E-state index contributed by atoms with van der Waals surface area (Å²) in [6.07, 6.45) is 1.85. The maximum absolute atomic E-state index is 12.3. The lowest BCUT2D eigenvalue weighted by Gasteiger charge is -2.32. The molecule has 2 fully saturated rings. The number of amides is 1. The molecule has 0 spiro atoms. The summed E-state index contributed by atoms with van der Waals surface area (Å²) in [7, 11) is 1.70. The van der Waals surface area contributed by atoms with Crippen LogP contribution in [0, 0.1) is 5.92 Å². The number of thioether (sulfide) groups is 1. The molecule has 2 aliphatic rings. The van der Waals surface area contributed by atoms with Gasteiger partial charge in [0.05, 0.1) is 6.61 Å². The third kappa shape index (κ3) is 3.60. The second-order valence-electron chi connectivity index (χ2n) is 4.83. The first-order valence-corrected chi connectivity index (χ1v) is 7.53. The molecule has 4 nitrogen and oxygen atoms in total. The molecule has 2 saturated heterocycles. The van der Waals surface area contributed by atoms with Crippen LogP contribution in [0.25, 0.3) is 0 Å². The first-order valence-electron chi connectivity index (χ1n) is 6.38. The highest BCUT2D eigenvalue weighted by Gasteiger charge is 2.29. The zero-order valence-electron chi connectivity index (χ0n) is 10.5. The molecule has 2 aliphatic heterocycles. The molecule has 1 N–H and O–H groups in total. The lowest BCUT2D eigenvalue weighted by atomic mass is 9.98. The second-order valence-corrected chi connectivity index (χ2v) is 5.98. The number of hydrogen-bond acceptors (Lipinski definition) is 4. The summed E-state index contributed by atoms with van der Waals surface area (Å²) in [6.45, 7) is 3.41. The van der Waals surface area contributed by atoms with E-state index in [2.05, 4.69) is 10.2 Å². The Kier molecular flexibility index (Phi) is 5.13. The first kappa shape index (κ1) is 13.2. The third-order valence-electron chi connectivity index (χ3n) is 3.53. The first-order chi connectivity index (χ1) is 8.31. The Morgan fingerprint density at radius 3 is 2.88 bits per heavy atom. The highest BCUT2D eigenvalue weighted by molar-refractivity contribution is 7.99. The van der Waals surface area contributed by atoms with Gasteiger partial charge in [-0.25, -0.2) is 0 Å². The minimum Gasteiger partial charge on any atom is -0.383 e. The van der Waals surface area contributed by atoms with Crippen LogP contribution in [0.5, 0.6) is 0 Å². The summed E-state index contributed by atoms with van der Waals surface area (Å²) < 4.78 is 5.11. The number of methoxy groups -OCH3 is 1. The van der Waals surface area contributed by atoms with E-state index < -0.39 is 0 Å². The van der Waals surface area contributed by atoms with E-state index in [0.717, 1.165) is 31.8 Å². The van der Waals surface area contributed by atoms with E-state index in [-0.39, 0.29) is 0 Å². The number of rotatable bonds is 6. The van der Waals surface area contributed by atoms with Crippen molar-refractivity contribution in [1.82, 2.24) is 10.2 Å². The third-order valence-corrected chi connectivity index (χ3v) is 4.68. The Morgan fingerprint density at radius 2 is 2.35 bits per heavy atom. The van der Waals surface area contributed by atoms with Gasteiger partial charge in [-0.3, -0.25) is 4.79 Å². The fourth-order valence-corrected chi connectivity index (χ4v) is 3.55. The van der Waals surface area contributed by atoms with Crippen LogP contribution in [-0.2, 0) is 9.53 Å². The minimum atomic E-state index is 0.320. The summed E-state index contributed by atoms with van der Waals surface area (Å²) in [5.74, 6) is 3.16. The highest BCUT2D eigenvalue weighted by Crippen LogP contribution is 2.23. The molecule has 17 heavy (non-hydrogen) atoms. The Morgan fingerprint density at radius 1 is 1.53 bits per heavy atom. The molecule has 0 saturated carbocycles. The summed E-state index contributed by atoms with van der Waals surface area (Å²) in [5, 5.41) is 3.22. The van der Waals surface area contributed by atoms with Crippen molar-refractivity contribution in [2.75, 3.05) is 44.9 Å². The van der Waals surface area contributed by atoms with Gasteiger partial charge in [-0.05, 0) is 31.2 Å². The van der Waals surface area contributed by atoms with Gasteiger partial charge in [0.15, 0.2) is 0 Å². The average Bonchev–Trinajstić information content (AvgIpc) is 2.77. The quantitative estimate of drug-likeness (QED) is 0.756. The van der Waals surface area contributed by atoms with Crippen molar-refractivity contribution in [2.24, 2.45) is 5.92 Å². The Labute approximate surface area is 107 Å². The van der Waals surface area contributed by atoms with Gasteiger partial charge in [-0.1, -0.05) is 0 Å². The van der Waals surface area contributed by atoms with Gasteiger partial charge >= 0.3 is 0 Å². The fraction of sp³-hybridized carbons (Fsp3) is 0.917. The van der Waals surface area contributed by atoms with Crippen LogP contribution >= 0.6 is 11.8 Å². The highest BCUT2D eigenvalue weighted by atomic mass is 32.2. The Hall–Kier alpha value is -0.260. The average molecular weight is 258 g/mol. The van der Waals surface area contributed by atoms with E-state index in [4.69, 9.17) is 4.74 Å². The van der Waals surface area contributed by atoms with Crippen LogP contribution in [-0.4, -0.2) is 61.7 Å². The largest absolute Gasteiger partial charge is 0.383 e. The van der Waals surface area contributed by atoms with Gasteiger partial charge in [-0.2, -0.15) is 11.8 Å².